The van der Waals surface area contributed by atoms with Gasteiger partial charge in [0.25, 0.3) is 0 Å². The summed E-state index contributed by atoms with van der Waals surface area (Å²) in [6, 6.07) is 0.0195. The van der Waals surface area contributed by atoms with E-state index in [1.807, 2.05) is 31.2 Å². The van der Waals surface area contributed by atoms with E-state index in [1.165, 1.54) is 0 Å². The lowest BCUT2D eigenvalue weighted by molar-refractivity contribution is 0.224. The van der Waals surface area contributed by atoms with Crippen LogP contribution in [0.15, 0.2) is 59.4 Å². The highest BCUT2D eigenvalue weighted by molar-refractivity contribution is 5.27. The molecule has 2 aliphatic rings. The van der Waals surface area contributed by atoms with Crippen LogP contribution >= 0.6 is 0 Å². The number of rotatable bonds is 5. The van der Waals surface area contributed by atoms with Crippen molar-refractivity contribution in [3.8, 4) is 0 Å². The van der Waals surface area contributed by atoms with E-state index >= 15 is 0 Å². The first-order chi connectivity index (χ1) is 10.7. The van der Waals surface area contributed by atoms with Crippen LogP contribution in [0.25, 0.3) is 0 Å². The maximum atomic E-state index is 13.9. The van der Waals surface area contributed by atoms with Gasteiger partial charge in [0.05, 0.1) is 12.6 Å². The zero-order valence-corrected chi connectivity index (χ0v) is 13.1. The second kappa shape index (κ2) is 8.47. The summed E-state index contributed by atoms with van der Waals surface area (Å²) in [6.45, 7) is 2.38. The topological polar surface area (TPSA) is 47.3 Å². The molecule has 0 saturated carbocycles. The minimum absolute atomic E-state index is 0.00626. The van der Waals surface area contributed by atoms with Crippen LogP contribution in [-0.4, -0.2) is 12.6 Å². The summed E-state index contributed by atoms with van der Waals surface area (Å²) >= 11 is 0. The summed E-state index contributed by atoms with van der Waals surface area (Å²) in [5.74, 6) is 0.753. The summed E-state index contributed by atoms with van der Waals surface area (Å²) in [7, 11) is 0. The molecule has 0 aromatic heterocycles. The first kappa shape index (κ1) is 16.4. The summed E-state index contributed by atoms with van der Waals surface area (Å²) in [4.78, 5) is 0. The summed E-state index contributed by atoms with van der Waals surface area (Å²) in [5, 5.41) is 3.17. The van der Waals surface area contributed by atoms with E-state index in [0.29, 0.717) is 19.4 Å². The third kappa shape index (κ3) is 4.79. The van der Waals surface area contributed by atoms with E-state index in [1.54, 1.807) is 6.20 Å². The molecule has 1 heterocycles. The molecule has 3 nitrogen and oxygen atoms in total. The van der Waals surface area contributed by atoms with Crippen molar-refractivity contribution < 1.29 is 9.13 Å². The van der Waals surface area contributed by atoms with Gasteiger partial charge in [0.2, 0.25) is 0 Å². The number of dihydropyridines is 1. The maximum Gasteiger partial charge on any atom is 0.134 e. The number of hydrogen-bond donors (Lipinski definition) is 2. The molecule has 0 aromatic rings. The highest BCUT2D eigenvalue weighted by atomic mass is 19.1. The summed E-state index contributed by atoms with van der Waals surface area (Å²) in [5.41, 5.74) is 7.40. The quantitative estimate of drug-likeness (QED) is 0.807. The third-order valence-corrected chi connectivity index (χ3v) is 3.88. The average molecular weight is 304 g/mol. The van der Waals surface area contributed by atoms with Crippen molar-refractivity contribution in [3.63, 3.8) is 0 Å². The van der Waals surface area contributed by atoms with Crippen molar-refractivity contribution in [1.82, 2.24) is 5.32 Å². The Morgan fingerprint density at radius 2 is 2.32 bits per heavy atom. The van der Waals surface area contributed by atoms with Gasteiger partial charge in [-0.15, -0.1) is 0 Å². The molecule has 0 saturated heterocycles. The van der Waals surface area contributed by atoms with Crippen LogP contribution in [0, 0.1) is 0 Å². The SMILES string of the molecule is C/C=C(\N)C1C=CC(OCCC2=C(\F)CCCC/C=C\2)=CN1. The van der Waals surface area contributed by atoms with Gasteiger partial charge in [-0.3, -0.25) is 0 Å². The smallest absolute Gasteiger partial charge is 0.134 e. The molecule has 1 atom stereocenters. The Balaban J connectivity index is 1.81. The van der Waals surface area contributed by atoms with Gasteiger partial charge in [-0.25, -0.2) is 4.39 Å². The van der Waals surface area contributed by atoms with Crippen LogP contribution in [0.3, 0.4) is 0 Å². The van der Waals surface area contributed by atoms with E-state index in [2.05, 4.69) is 11.4 Å². The average Bonchev–Trinajstić information content (AvgIpc) is 2.54. The van der Waals surface area contributed by atoms with Crippen molar-refractivity contribution in [2.75, 3.05) is 6.61 Å². The molecule has 2 rings (SSSR count). The maximum absolute atomic E-state index is 13.9. The lowest BCUT2D eigenvalue weighted by Crippen LogP contribution is -2.30. The van der Waals surface area contributed by atoms with Crippen LogP contribution in [0.4, 0.5) is 4.39 Å². The molecule has 1 aliphatic carbocycles. The van der Waals surface area contributed by atoms with Crippen LogP contribution in [0.5, 0.6) is 0 Å². The van der Waals surface area contributed by atoms with Gasteiger partial charge >= 0.3 is 0 Å². The van der Waals surface area contributed by atoms with Crippen LogP contribution in [-0.2, 0) is 4.74 Å². The van der Waals surface area contributed by atoms with Crippen molar-refractivity contribution in [1.29, 1.82) is 0 Å². The lowest BCUT2D eigenvalue weighted by atomic mass is 10.0. The molecule has 0 radical (unpaired) electrons. The molecular weight excluding hydrogens is 279 g/mol. The van der Waals surface area contributed by atoms with Gasteiger partial charge in [-0.2, -0.15) is 0 Å². The van der Waals surface area contributed by atoms with Crippen LogP contribution in [0.1, 0.15) is 39.0 Å². The standard InChI is InChI=1S/C18H25FN2O/c1-2-17(20)18-10-9-15(13-21-18)22-12-11-14-7-5-3-4-6-8-16(14)19/h2,5,7,9-10,13,18,21H,3-4,6,8,11-12,20H2,1H3/b7-5-,16-14-,17-2-. The van der Waals surface area contributed by atoms with Gasteiger partial charge in [0.15, 0.2) is 0 Å². The van der Waals surface area contributed by atoms with Crippen LogP contribution in [0.2, 0.25) is 0 Å². The van der Waals surface area contributed by atoms with Gasteiger partial charge < -0.3 is 15.8 Å². The molecule has 3 N–H and O–H groups in total. The zero-order chi connectivity index (χ0) is 15.8. The van der Waals surface area contributed by atoms with E-state index in [0.717, 1.165) is 36.3 Å². The zero-order valence-electron chi connectivity index (χ0n) is 13.1. The van der Waals surface area contributed by atoms with E-state index in [4.69, 9.17) is 10.5 Å². The second-order valence-corrected chi connectivity index (χ2v) is 5.52. The fraction of sp³-hybridized carbons (Fsp3) is 0.444. The van der Waals surface area contributed by atoms with Gasteiger partial charge in [0, 0.05) is 18.3 Å². The molecule has 4 heteroatoms. The normalized spacial score (nSPS) is 27.5. The van der Waals surface area contributed by atoms with E-state index < -0.39 is 0 Å². The number of nitrogens with two attached hydrogens (primary N) is 1. The number of ether oxygens (including phenoxy) is 1. The Kier molecular flexibility index (Phi) is 6.31. The molecule has 0 spiro atoms. The monoisotopic (exact) mass is 304 g/mol. The highest BCUT2D eigenvalue weighted by Gasteiger charge is 2.11. The summed E-state index contributed by atoms with van der Waals surface area (Å²) < 4.78 is 19.6. The Labute approximate surface area is 132 Å². The molecule has 0 aromatic carbocycles. The highest BCUT2D eigenvalue weighted by Crippen LogP contribution is 2.22. The lowest BCUT2D eigenvalue weighted by Gasteiger charge is -2.19. The predicted molar refractivity (Wildman–Crippen MR) is 88.4 cm³/mol. The first-order valence-electron chi connectivity index (χ1n) is 7.93. The van der Waals surface area contributed by atoms with Gasteiger partial charge in [0.1, 0.15) is 11.6 Å². The molecule has 0 bridgehead atoms. The molecule has 1 aliphatic heterocycles. The number of allylic oxidation sites excluding steroid dienone is 5. The second-order valence-electron chi connectivity index (χ2n) is 5.52. The Bertz CT molecular complexity index is 529. The Hall–Kier alpha value is -1.97. The first-order valence-corrected chi connectivity index (χ1v) is 7.93. The Morgan fingerprint density at radius 1 is 1.45 bits per heavy atom. The molecule has 0 fully saturated rings. The van der Waals surface area contributed by atoms with E-state index in [9.17, 15) is 4.39 Å². The predicted octanol–water partition coefficient (Wildman–Crippen LogP) is 3.98. The van der Waals surface area contributed by atoms with E-state index in [-0.39, 0.29) is 11.9 Å². The van der Waals surface area contributed by atoms with Gasteiger partial charge in [-0.05, 0) is 44.3 Å². The van der Waals surface area contributed by atoms with Gasteiger partial charge in [-0.1, -0.05) is 24.3 Å². The molecule has 0 amide bonds. The molecular formula is C18H25FN2O. The third-order valence-electron chi connectivity index (χ3n) is 3.88. The van der Waals surface area contributed by atoms with Crippen molar-refractivity contribution >= 4 is 0 Å². The number of hydrogen-bond acceptors (Lipinski definition) is 3. The minimum atomic E-state index is 0.00626. The number of nitrogens with one attached hydrogen (secondary N) is 1. The molecule has 1 unspecified atom stereocenters. The fourth-order valence-electron chi connectivity index (χ4n) is 2.46. The Morgan fingerprint density at radius 3 is 3.05 bits per heavy atom. The molecule has 22 heavy (non-hydrogen) atoms. The van der Waals surface area contributed by atoms with Crippen LogP contribution < -0.4 is 11.1 Å². The van der Waals surface area contributed by atoms with Crippen molar-refractivity contribution in [3.05, 3.63) is 59.4 Å². The van der Waals surface area contributed by atoms with Crippen molar-refractivity contribution in [2.24, 2.45) is 5.73 Å². The fourth-order valence-corrected chi connectivity index (χ4v) is 2.46. The number of halogens is 1. The summed E-state index contributed by atoms with van der Waals surface area (Å²) in [6.07, 6.45) is 15.7. The molecule has 120 valence electrons. The van der Waals surface area contributed by atoms with Crippen molar-refractivity contribution in [2.45, 2.75) is 45.1 Å². The minimum Gasteiger partial charge on any atom is -0.492 e. The largest absolute Gasteiger partial charge is 0.492 e.